The van der Waals surface area contributed by atoms with Crippen LogP contribution >= 0.6 is 0 Å². The van der Waals surface area contributed by atoms with Crippen molar-refractivity contribution in [2.24, 2.45) is 0 Å². The van der Waals surface area contributed by atoms with E-state index in [-0.39, 0.29) is 12.0 Å². The predicted molar refractivity (Wildman–Crippen MR) is 85.9 cm³/mol. The van der Waals surface area contributed by atoms with Gasteiger partial charge in [0.1, 0.15) is 11.4 Å². The third-order valence-electron chi connectivity index (χ3n) is 3.39. The van der Waals surface area contributed by atoms with Crippen LogP contribution in [0.4, 0.5) is 5.69 Å². The smallest absolute Gasteiger partial charge is 0.256 e. The molecule has 1 rings (SSSR count). The fraction of sp³-hybridized carbons (Fsp3) is 0.588. The molecule has 0 radical (unpaired) electrons. The van der Waals surface area contributed by atoms with Gasteiger partial charge < -0.3 is 14.8 Å². The van der Waals surface area contributed by atoms with Crippen LogP contribution < -0.4 is 10.1 Å². The summed E-state index contributed by atoms with van der Waals surface area (Å²) >= 11 is 0. The van der Waals surface area contributed by atoms with E-state index in [0.29, 0.717) is 6.61 Å². The first-order valence-electron chi connectivity index (χ1n) is 7.52. The molecule has 0 heterocycles. The number of rotatable bonds is 7. The van der Waals surface area contributed by atoms with Gasteiger partial charge in [0.05, 0.1) is 6.10 Å². The topological polar surface area (TPSA) is 47.6 Å². The minimum absolute atomic E-state index is 0.153. The maximum absolute atomic E-state index is 12.2. The maximum atomic E-state index is 12.2. The standard InChI is InChI=1S/C17H27NO3/c1-7-13(4)21-15-10-9-14(11-12(15)3)18-16(19)17(5,6)20-8-2/h9-11,13H,7-8H2,1-6H3,(H,18,19). The van der Waals surface area contributed by atoms with Crippen molar-refractivity contribution in [3.05, 3.63) is 23.8 Å². The number of hydrogen-bond donors (Lipinski definition) is 1. The third kappa shape index (κ3) is 5.05. The molecular formula is C17H27NO3. The lowest BCUT2D eigenvalue weighted by atomic mass is 10.1. The summed E-state index contributed by atoms with van der Waals surface area (Å²) in [6.45, 7) is 12.0. The van der Waals surface area contributed by atoms with E-state index in [1.807, 2.05) is 39.0 Å². The van der Waals surface area contributed by atoms with Crippen LogP contribution in [0.3, 0.4) is 0 Å². The number of hydrogen-bond acceptors (Lipinski definition) is 3. The summed E-state index contributed by atoms with van der Waals surface area (Å²) in [5.41, 5.74) is 0.915. The third-order valence-corrected chi connectivity index (χ3v) is 3.39. The second kappa shape index (κ2) is 7.46. The van der Waals surface area contributed by atoms with E-state index in [9.17, 15) is 4.79 Å². The summed E-state index contributed by atoms with van der Waals surface area (Å²) in [6.07, 6.45) is 1.14. The van der Waals surface area contributed by atoms with Crippen molar-refractivity contribution in [1.82, 2.24) is 0 Å². The molecular weight excluding hydrogens is 266 g/mol. The van der Waals surface area contributed by atoms with Gasteiger partial charge in [-0.1, -0.05) is 6.92 Å². The normalized spacial score (nSPS) is 12.9. The quantitative estimate of drug-likeness (QED) is 0.828. The molecule has 0 bridgehead atoms. The van der Waals surface area contributed by atoms with Gasteiger partial charge in [0.25, 0.3) is 5.91 Å². The SMILES string of the molecule is CCOC(C)(C)C(=O)Nc1ccc(OC(C)CC)c(C)c1. The van der Waals surface area contributed by atoms with Crippen LogP contribution in [0.15, 0.2) is 18.2 Å². The molecule has 1 aromatic carbocycles. The average Bonchev–Trinajstić information content (AvgIpc) is 2.41. The number of carbonyl (C=O) groups is 1. The first-order valence-corrected chi connectivity index (χ1v) is 7.52. The minimum Gasteiger partial charge on any atom is -0.490 e. The van der Waals surface area contributed by atoms with Crippen LogP contribution in [-0.4, -0.2) is 24.2 Å². The van der Waals surface area contributed by atoms with Gasteiger partial charge in [-0.15, -0.1) is 0 Å². The molecule has 118 valence electrons. The molecule has 0 fully saturated rings. The van der Waals surface area contributed by atoms with Crippen LogP contribution in [0, 0.1) is 6.92 Å². The van der Waals surface area contributed by atoms with Crippen molar-refractivity contribution < 1.29 is 14.3 Å². The first-order chi connectivity index (χ1) is 9.80. The Morgan fingerprint density at radius 1 is 1.33 bits per heavy atom. The highest BCUT2D eigenvalue weighted by Crippen LogP contribution is 2.24. The predicted octanol–water partition coefficient (Wildman–Crippen LogP) is 3.93. The molecule has 0 saturated carbocycles. The molecule has 1 aromatic rings. The van der Waals surface area contributed by atoms with Gasteiger partial charge in [-0.2, -0.15) is 0 Å². The van der Waals surface area contributed by atoms with Gasteiger partial charge in [-0.3, -0.25) is 4.79 Å². The Bertz CT molecular complexity index is 483. The Hall–Kier alpha value is -1.55. The summed E-state index contributed by atoms with van der Waals surface area (Å²) in [6, 6.07) is 5.66. The van der Waals surface area contributed by atoms with E-state index in [2.05, 4.69) is 12.2 Å². The molecule has 0 aliphatic heterocycles. The zero-order chi connectivity index (χ0) is 16.0. The fourth-order valence-electron chi connectivity index (χ4n) is 1.87. The van der Waals surface area contributed by atoms with Crippen LogP contribution in [0.5, 0.6) is 5.75 Å². The Labute approximate surface area is 127 Å². The fourth-order valence-corrected chi connectivity index (χ4v) is 1.87. The molecule has 0 aliphatic rings. The molecule has 1 N–H and O–H groups in total. The maximum Gasteiger partial charge on any atom is 0.256 e. The molecule has 0 aliphatic carbocycles. The van der Waals surface area contributed by atoms with Crippen LogP contribution in [0.1, 0.15) is 46.6 Å². The summed E-state index contributed by atoms with van der Waals surface area (Å²) in [7, 11) is 0. The highest BCUT2D eigenvalue weighted by Gasteiger charge is 2.28. The van der Waals surface area contributed by atoms with Gasteiger partial charge >= 0.3 is 0 Å². The van der Waals surface area contributed by atoms with E-state index in [4.69, 9.17) is 9.47 Å². The zero-order valence-electron chi connectivity index (χ0n) is 13.9. The Morgan fingerprint density at radius 2 is 2.00 bits per heavy atom. The summed E-state index contributed by atoms with van der Waals surface area (Å²) in [4.78, 5) is 12.2. The van der Waals surface area contributed by atoms with Crippen molar-refractivity contribution >= 4 is 11.6 Å². The molecule has 4 heteroatoms. The lowest BCUT2D eigenvalue weighted by molar-refractivity contribution is -0.136. The minimum atomic E-state index is -0.839. The summed E-state index contributed by atoms with van der Waals surface area (Å²) < 4.78 is 11.3. The number of ether oxygens (including phenoxy) is 2. The number of aryl methyl sites for hydroxylation is 1. The second-order valence-electron chi connectivity index (χ2n) is 5.71. The second-order valence-corrected chi connectivity index (χ2v) is 5.71. The molecule has 4 nitrogen and oxygen atoms in total. The summed E-state index contributed by atoms with van der Waals surface area (Å²) in [5, 5.41) is 2.88. The van der Waals surface area contributed by atoms with E-state index < -0.39 is 5.60 Å². The van der Waals surface area contributed by atoms with Crippen LogP contribution in [0.2, 0.25) is 0 Å². The van der Waals surface area contributed by atoms with Crippen molar-refractivity contribution in [2.45, 2.75) is 59.7 Å². The van der Waals surface area contributed by atoms with Gasteiger partial charge in [0.15, 0.2) is 0 Å². The highest BCUT2D eigenvalue weighted by atomic mass is 16.5. The summed E-state index contributed by atoms with van der Waals surface area (Å²) in [5.74, 6) is 0.700. The molecule has 0 saturated heterocycles. The molecule has 0 aromatic heterocycles. The van der Waals surface area contributed by atoms with E-state index in [0.717, 1.165) is 23.4 Å². The van der Waals surface area contributed by atoms with Crippen molar-refractivity contribution in [3.8, 4) is 5.75 Å². The van der Waals surface area contributed by atoms with E-state index >= 15 is 0 Å². The van der Waals surface area contributed by atoms with Crippen LogP contribution in [0.25, 0.3) is 0 Å². The Balaban J connectivity index is 2.78. The number of anilines is 1. The Morgan fingerprint density at radius 3 is 2.52 bits per heavy atom. The number of benzene rings is 1. The van der Waals surface area contributed by atoms with Crippen LogP contribution in [-0.2, 0) is 9.53 Å². The zero-order valence-corrected chi connectivity index (χ0v) is 13.9. The number of nitrogens with one attached hydrogen (secondary N) is 1. The van der Waals surface area contributed by atoms with Crippen molar-refractivity contribution in [3.63, 3.8) is 0 Å². The lowest BCUT2D eigenvalue weighted by Gasteiger charge is -2.23. The van der Waals surface area contributed by atoms with E-state index in [1.54, 1.807) is 13.8 Å². The van der Waals surface area contributed by atoms with Gasteiger partial charge in [-0.25, -0.2) is 0 Å². The van der Waals surface area contributed by atoms with E-state index in [1.165, 1.54) is 0 Å². The molecule has 1 unspecified atom stereocenters. The lowest BCUT2D eigenvalue weighted by Crippen LogP contribution is -2.39. The van der Waals surface area contributed by atoms with Crippen molar-refractivity contribution in [2.75, 3.05) is 11.9 Å². The highest BCUT2D eigenvalue weighted by molar-refractivity contribution is 5.96. The number of amides is 1. The van der Waals surface area contributed by atoms with Gasteiger partial charge in [0.2, 0.25) is 0 Å². The molecule has 0 spiro atoms. The van der Waals surface area contributed by atoms with Gasteiger partial charge in [0, 0.05) is 12.3 Å². The number of carbonyl (C=O) groups excluding carboxylic acids is 1. The first kappa shape index (κ1) is 17.5. The van der Waals surface area contributed by atoms with Gasteiger partial charge in [-0.05, 0) is 64.8 Å². The van der Waals surface area contributed by atoms with Crippen molar-refractivity contribution in [1.29, 1.82) is 0 Å². The Kier molecular flexibility index (Phi) is 6.21. The molecule has 1 atom stereocenters. The largest absolute Gasteiger partial charge is 0.490 e. The molecule has 1 amide bonds. The monoisotopic (exact) mass is 293 g/mol. The molecule has 21 heavy (non-hydrogen) atoms. The average molecular weight is 293 g/mol.